The molecule has 1 aliphatic heterocycles. The van der Waals surface area contributed by atoms with E-state index >= 15 is 0 Å². The topological polar surface area (TPSA) is 144 Å². The molecule has 11 heteroatoms. The van der Waals surface area contributed by atoms with E-state index in [2.05, 4.69) is 15.0 Å². The number of methoxy groups -OCH3 is 1. The summed E-state index contributed by atoms with van der Waals surface area (Å²) in [4.78, 5) is 12.6. The number of rotatable bonds is 4. The van der Waals surface area contributed by atoms with Crippen LogP contribution >= 0.6 is 0 Å². The highest BCUT2D eigenvalue weighted by molar-refractivity contribution is 6.36. The van der Waals surface area contributed by atoms with Crippen LogP contribution in [0.5, 0.6) is 0 Å². The molecule has 2 aromatic rings. The zero-order valence-corrected chi connectivity index (χ0v) is 20.0. The first-order chi connectivity index (χ1) is 13.7. The Bertz CT molecular complexity index is 966. The Morgan fingerprint density at radius 3 is 2.40 bits per heavy atom. The molecule has 0 saturated carbocycles. The SMILES string of the molecule is CO[C@H]1[C@H](n2cnc3c(N)nc(N)nc32)O[C@H](C(=[SiH2])OC(C)(C)C)[C@]1(O)C(C)(C)C. The Kier molecular flexibility index (Phi) is 5.47. The summed E-state index contributed by atoms with van der Waals surface area (Å²) in [5.74, 6) is 0.197. The number of nitrogens with two attached hydrogens (primary N) is 2. The minimum absolute atomic E-state index is 0.0247. The Morgan fingerprint density at radius 1 is 1.23 bits per heavy atom. The van der Waals surface area contributed by atoms with E-state index in [1.54, 1.807) is 27.9 Å². The lowest BCUT2D eigenvalue weighted by Gasteiger charge is -2.44. The fourth-order valence-corrected chi connectivity index (χ4v) is 4.76. The molecule has 166 valence electrons. The standard InChI is InChI=1S/C19H32N6O4Si/c1-17(2,3)19(26)10(27-7)14(28-11(19)15(30)29-18(4,5)6)25-8-22-9-12(20)23-16(21)24-13(9)25/h8,10-11,14,26H,30H2,1-7H3,(H4,20,21,23,24)/t10-,11+,14+,19-/m0/s1. The van der Waals surface area contributed by atoms with E-state index < -0.39 is 35.1 Å². The van der Waals surface area contributed by atoms with Crippen molar-refractivity contribution in [2.75, 3.05) is 18.6 Å². The van der Waals surface area contributed by atoms with Gasteiger partial charge in [-0.25, -0.2) is 4.98 Å². The van der Waals surface area contributed by atoms with E-state index in [9.17, 15) is 5.11 Å². The number of hydrogen-bond acceptors (Lipinski definition) is 9. The molecule has 1 aliphatic rings. The third-order valence-corrected chi connectivity index (χ3v) is 5.81. The minimum atomic E-state index is -1.41. The molecule has 10 nitrogen and oxygen atoms in total. The number of aromatic nitrogens is 4. The van der Waals surface area contributed by atoms with Gasteiger partial charge in [0.05, 0.1) is 17.3 Å². The third kappa shape index (κ3) is 3.59. The van der Waals surface area contributed by atoms with Crippen LogP contribution in [0.4, 0.5) is 11.8 Å². The number of anilines is 2. The first-order valence-corrected chi connectivity index (χ1v) is 10.5. The van der Waals surface area contributed by atoms with Crippen molar-refractivity contribution >= 4 is 38.1 Å². The van der Waals surface area contributed by atoms with Crippen molar-refractivity contribution in [3.63, 3.8) is 0 Å². The van der Waals surface area contributed by atoms with Crippen molar-refractivity contribution in [1.29, 1.82) is 0 Å². The molecule has 0 bridgehead atoms. The van der Waals surface area contributed by atoms with Gasteiger partial charge in [0.25, 0.3) is 0 Å². The van der Waals surface area contributed by atoms with E-state index in [0.717, 1.165) is 0 Å². The van der Waals surface area contributed by atoms with Crippen LogP contribution in [0.3, 0.4) is 0 Å². The number of ether oxygens (including phenoxy) is 3. The molecular formula is C19H32N6O4Si. The molecule has 0 unspecified atom stereocenters. The molecule has 0 spiro atoms. The van der Waals surface area contributed by atoms with Gasteiger partial charge in [0.2, 0.25) is 5.95 Å². The summed E-state index contributed by atoms with van der Waals surface area (Å²) in [6, 6.07) is 0. The van der Waals surface area contributed by atoms with Gasteiger partial charge in [0.1, 0.15) is 23.3 Å². The van der Waals surface area contributed by atoms with Crippen molar-refractivity contribution in [1.82, 2.24) is 19.5 Å². The van der Waals surface area contributed by atoms with E-state index in [1.807, 2.05) is 41.5 Å². The van der Waals surface area contributed by atoms with E-state index in [1.165, 1.54) is 0 Å². The molecule has 0 radical (unpaired) electrons. The molecule has 0 aliphatic carbocycles. The summed E-state index contributed by atoms with van der Waals surface area (Å²) >= 11 is 0. The molecule has 1 saturated heterocycles. The third-order valence-electron chi connectivity index (χ3n) is 5.29. The van der Waals surface area contributed by atoms with Gasteiger partial charge in [-0.3, -0.25) is 4.57 Å². The summed E-state index contributed by atoms with van der Waals surface area (Å²) in [6.07, 6.45) is -0.703. The van der Waals surface area contributed by atoms with Gasteiger partial charge in [-0.2, -0.15) is 9.97 Å². The van der Waals surface area contributed by atoms with Gasteiger partial charge >= 0.3 is 0 Å². The molecule has 0 amide bonds. The first-order valence-electron chi connectivity index (χ1n) is 9.74. The van der Waals surface area contributed by atoms with E-state index in [0.29, 0.717) is 16.5 Å². The fraction of sp³-hybridized carbons (Fsp3) is 0.684. The molecule has 30 heavy (non-hydrogen) atoms. The zero-order chi connectivity index (χ0) is 22.6. The predicted octanol–water partition coefficient (Wildman–Crippen LogP) is 0.258. The highest BCUT2D eigenvalue weighted by Gasteiger charge is 2.64. The minimum Gasteiger partial charge on any atom is -0.496 e. The van der Waals surface area contributed by atoms with Crippen LogP contribution in [0.15, 0.2) is 6.33 Å². The van der Waals surface area contributed by atoms with Crippen LogP contribution in [-0.4, -0.2) is 70.4 Å². The first kappa shape index (κ1) is 22.6. The van der Waals surface area contributed by atoms with Crippen molar-refractivity contribution in [3.8, 4) is 0 Å². The summed E-state index contributed by atoms with van der Waals surface area (Å²) in [7, 11) is 3.10. The smallest absolute Gasteiger partial charge is 0.224 e. The second kappa shape index (κ2) is 7.26. The number of imidazole rings is 1. The van der Waals surface area contributed by atoms with Crippen LogP contribution in [0.1, 0.15) is 47.8 Å². The second-order valence-electron chi connectivity index (χ2n) is 9.61. The molecule has 1 fully saturated rings. The number of fused-ring (bicyclic) bond motifs is 1. The largest absolute Gasteiger partial charge is 0.496 e. The average molecular weight is 437 g/mol. The van der Waals surface area contributed by atoms with Crippen molar-refractivity contribution in [2.24, 2.45) is 5.41 Å². The lowest BCUT2D eigenvalue weighted by molar-refractivity contribution is -0.147. The highest BCUT2D eigenvalue weighted by Crippen LogP contribution is 2.49. The number of nitrogen functional groups attached to an aromatic ring is 2. The van der Waals surface area contributed by atoms with Crippen LogP contribution in [-0.2, 0) is 14.2 Å². The van der Waals surface area contributed by atoms with Gasteiger partial charge < -0.3 is 30.8 Å². The van der Waals surface area contributed by atoms with Gasteiger partial charge in [-0.05, 0) is 26.2 Å². The maximum absolute atomic E-state index is 12.0. The molecule has 3 rings (SSSR count). The highest BCUT2D eigenvalue weighted by atomic mass is 28.1. The average Bonchev–Trinajstić information content (AvgIpc) is 3.11. The zero-order valence-electron chi connectivity index (χ0n) is 18.6. The second-order valence-corrected chi connectivity index (χ2v) is 10.3. The van der Waals surface area contributed by atoms with Crippen molar-refractivity contribution < 1.29 is 19.3 Å². The summed E-state index contributed by atoms with van der Waals surface area (Å²) in [5, 5.41) is 12.6. The molecule has 4 atom stereocenters. The van der Waals surface area contributed by atoms with Gasteiger partial charge in [-0.15, -0.1) is 0 Å². The monoisotopic (exact) mass is 436 g/mol. The normalized spacial score (nSPS) is 27.5. The predicted molar refractivity (Wildman–Crippen MR) is 118 cm³/mol. The maximum Gasteiger partial charge on any atom is 0.224 e. The van der Waals surface area contributed by atoms with Crippen LogP contribution in [0.2, 0.25) is 0 Å². The fourth-order valence-electron chi connectivity index (χ4n) is 3.92. The van der Waals surface area contributed by atoms with Crippen LogP contribution in [0.25, 0.3) is 11.2 Å². The maximum atomic E-state index is 12.0. The van der Waals surface area contributed by atoms with Crippen LogP contribution < -0.4 is 11.5 Å². The van der Waals surface area contributed by atoms with Crippen molar-refractivity contribution in [3.05, 3.63) is 6.33 Å². The van der Waals surface area contributed by atoms with Gasteiger partial charge in [0, 0.05) is 17.0 Å². The summed E-state index contributed by atoms with van der Waals surface area (Å²) in [5.41, 5.74) is 10.1. The number of nitrogens with zero attached hydrogens (tertiary/aromatic N) is 4. The number of hydrogen-bond donors (Lipinski definition) is 3. The lowest BCUT2D eigenvalue weighted by atomic mass is 9.70. The van der Waals surface area contributed by atoms with Gasteiger partial charge in [-0.1, -0.05) is 20.8 Å². The van der Waals surface area contributed by atoms with Gasteiger partial charge in [0.15, 0.2) is 17.7 Å². The Balaban J connectivity index is 2.14. The molecule has 2 aromatic heterocycles. The summed E-state index contributed by atoms with van der Waals surface area (Å²) < 4.78 is 20.0. The Morgan fingerprint density at radius 2 is 1.87 bits per heavy atom. The molecule has 3 heterocycles. The summed E-state index contributed by atoms with van der Waals surface area (Å²) in [6.45, 7) is 11.7. The van der Waals surface area contributed by atoms with E-state index in [-0.39, 0.29) is 11.8 Å². The van der Waals surface area contributed by atoms with Crippen molar-refractivity contribution in [2.45, 2.75) is 71.2 Å². The molecular weight excluding hydrogens is 404 g/mol. The lowest BCUT2D eigenvalue weighted by Crippen LogP contribution is -2.60. The quantitative estimate of drug-likeness (QED) is 0.575. The Labute approximate surface area is 179 Å². The Hall–Kier alpha value is -2.08. The molecule has 0 aromatic carbocycles. The molecule has 5 N–H and O–H groups in total. The number of aliphatic hydroxyl groups is 1. The van der Waals surface area contributed by atoms with E-state index in [4.69, 9.17) is 25.7 Å². The van der Waals surface area contributed by atoms with Crippen LogP contribution in [0, 0.1) is 5.41 Å².